The number of ether oxygens (including phenoxy) is 2. The van der Waals surface area contributed by atoms with Crippen LogP contribution in [0.4, 0.5) is 0 Å². The standard InChI is InChI=1S/C22H28N2O6/c1-5-24-15(3)19(14(2)20(24)22(27)28-4)17(25)13-23(12-16-8-6-10-29-16)21(26)18-9-7-11-30-18/h7,9,11,16H,5-6,8,10,12-13H2,1-4H3. The SMILES string of the molecule is CCn1c(C)c(C(=O)CN(CC2CCCO2)C(=O)c2ccco2)c(C)c1C(=O)OC. The molecule has 8 nitrogen and oxygen atoms in total. The van der Waals surface area contributed by atoms with Crippen LogP contribution >= 0.6 is 0 Å². The Kier molecular flexibility index (Phi) is 6.77. The number of aromatic nitrogens is 1. The molecule has 0 bridgehead atoms. The van der Waals surface area contributed by atoms with E-state index in [0.717, 1.165) is 12.8 Å². The number of amides is 1. The fraction of sp³-hybridized carbons (Fsp3) is 0.500. The summed E-state index contributed by atoms with van der Waals surface area (Å²) in [6.07, 6.45) is 3.09. The van der Waals surface area contributed by atoms with Crippen LogP contribution in [0.1, 0.15) is 62.4 Å². The lowest BCUT2D eigenvalue weighted by atomic mass is 10.0. The Morgan fingerprint density at radius 3 is 2.63 bits per heavy atom. The molecule has 2 aromatic heterocycles. The van der Waals surface area contributed by atoms with Gasteiger partial charge in [-0.2, -0.15) is 0 Å². The van der Waals surface area contributed by atoms with Gasteiger partial charge in [-0.05, 0) is 51.3 Å². The van der Waals surface area contributed by atoms with Crippen molar-refractivity contribution in [3.63, 3.8) is 0 Å². The molecular weight excluding hydrogens is 388 g/mol. The molecule has 0 N–H and O–H groups in total. The van der Waals surface area contributed by atoms with Crippen molar-refractivity contribution in [3.05, 3.63) is 46.7 Å². The first-order valence-corrected chi connectivity index (χ1v) is 10.1. The summed E-state index contributed by atoms with van der Waals surface area (Å²) in [7, 11) is 1.32. The summed E-state index contributed by atoms with van der Waals surface area (Å²) in [5.41, 5.74) is 2.06. The van der Waals surface area contributed by atoms with Crippen molar-refractivity contribution in [2.24, 2.45) is 0 Å². The van der Waals surface area contributed by atoms with E-state index >= 15 is 0 Å². The van der Waals surface area contributed by atoms with E-state index in [2.05, 4.69) is 0 Å². The van der Waals surface area contributed by atoms with Gasteiger partial charge in [0.05, 0.1) is 26.0 Å². The maximum Gasteiger partial charge on any atom is 0.354 e. The molecule has 2 aromatic rings. The van der Waals surface area contributed by atoms with Crippen molar-refractivity contribution >= 4 is 17.7 Å². The number of methoxy groups -OCH3 is 1. The first-order valence-electron chi connectivity index (χ1n) is 10.1. The molecule has 3 heterocycles. The predicted molar refractivity (Wildman–Crippen MR) is 109 cm³/mol. The Bertz CT molecular complexity index is 922. The van der Waals surface area contributed by atoms with Gasteiger partial charge in [-0.3, -0.25) is 9.59 Å². The molecule has 1 amide bonds. The molecule has 1 aliphatic rings. The van der Waals surface area contributed by atoms with Crippen molar-refractivity contribution in [1.29, 1.82) is 0 Å². The number of esters is 1. The monoisotopic (exact) mass is 416 g/mol. The van der Waals surface area contributed by atoms with E-state index < -0.39 is 5.97 Å². The minimum atomic E-state index is -0.487. The van der Waals surface area contributed by atoms with E-state index in [9.17, 15) is 14.4 Å². The molecule has 0 spiro atoms. The molecule has 0 radical (unpaired) electrons. The van der Waals surface area contributed by atoms with Gasteiger partial charge in [0.1, 0.15) is 5.69 Å². The summed E-state index contributed by atoms with van der Waals surface area (Å²) in [6.45, 7) is 6.79. The number of rotatable bonds is 8. The number of ketones is 1. The largest absolute Gasteiger partial charge is 0.464 e. The first kappa shape index (κ1) is 21.8. The van der Waals surface area contributed by atoms with Crippen molar-refractivity contribution in [3.8, 4) is 0 Å². The molecule has 1 aliphatic heterocycles. The zero-order valence-electron chi connectivity index (χ0n) is 17.9. The lowest BCUT2D eigenvalue weighted by Crippen LogP contribution is -2.40. The smallest absolute Gasteiger partial charge is 0.354 e. The molecule has 0 saturated carbocycles. The summed E-state index contributed by atoms with van der Waals surface area (Å²) in [5.74, 6) is -0.905. The van der Waals surface area contributed by atoms with Gasteiger partial charge in [-0.1, -0.05) is 0 Å². The highest BCUT2D eigenvalue weighted by molar-refractivity contribution is 6.05. The van der Waals surface area contributed by atoms with Crippen LogP contribution in [0.25, 0.3) is 0 Å². The van der Waals surface area contributed by atoms with Crippen molar-refractivity contribution < 1.29 is 28.3 Å². The van der Waals surface area contributed by atoms with Gasteiger partial charge in [0.2, 0.25) is 0 Å². The van der Waals surface area contributed by atoms with E-state index in [0.29, 0.717) is 42.2 Å². The maximum atomic E-state index is 13.3. The molecule has 1 saturated heterocycles. The summed E-state index contributed by atoms with van der Waals surface area (Å²) < 4.78 is 17.6. The van der Waals surface area contributed by atoms with E-state index in [1.807, 2.05) is 6.92 Å². The Morgan fingerprint density at radius 1 is 1.30 bits per heavy atom. The minimum absolute atomic E-state index is 0.107. The van der Waals surface area contributed by atoms with Gasteiger partial charge >= 0.3 is 5.97 Å². The van der Waals surface area contributed by atoms with Crippen LogP contribution in [0.3, 0.4) is 0 Å². The number of carbonyl (C=O) groups is 3. The zero-order chi connectivity index (χ0) is 21.8. The lowest BCUT2D eigenvalue weighted by molar-refractivity contribution is 0.0485. The molecule has 0 aromatic carbocycles. The van der Waals surface area contributed by atoms with Gasteiger partial charge in [-0.25, -0.2) is 4.79 Å². The predicted octanol–water partition coefficient (Wildman–Crippen LogP) is 3.01. The second kappa shape index (κ2) is 9.30. The molecule has 162 valence electrons. The van der Waals surface area contributed by atoms with Gasteiger partial charge in [0.25, 0.3) is 5.91 Å². The highest BCUT2D eigenvalue weighted by Crippen LogP contribution is 2.25. The third-order valence-electron chi connectivity index (χ3n) is 5.54. The summed E-state index contributed by atoms with van der Waals surface area (Å²) >= 11 is 0. The topological polar surface area (TPSA) is 91.0 Å². The van der Waals surface area contributed by atoms with Crippen LogP contribution in [0.5, 0.6) is 0 Å². The third kappa shape index (κ3) is 4.18. The first-order chi connectivity index (χ1) is 14.4. The minimum Gasteiger partial charge on any atom is -0.464 e. The number of nitrogens with zero attached hydrogens (tertiary/aromatic N) is 2. The highest BCUT2D eigenvalue weighted by atomic mass is 16.5. The molecule has 1 unspecified atom stereocenters. The highest BCUT2D eigenvalue weighted by Gasteiger charge is 2.30. The van der Waals surface area contributed by atoms with Crippen molar-refractivity contribution in [1.82, 2.24) is 9.47 Å². The molecule has 0 aliphatic carbocycles. The molecule has 8 heteroatoms. The number of hydrogen-bond donors (Lipinski definition) is 0. The Labute approximate surface area is 175 Å². The van der Waals surface area contributed by atoms with E-state index in [4.69, 9.17) is 13.9 Å². The van der Waals surface area contributed by atoms with Gasteiger partial charge in [-0.15, -0.1) is 0 Å². The molecule has 1 atom stereocenters. The Balaban J connectivity index is 1.91. The summed E-state index contributed by atoms with van der Waals surface area (Å²) in [6, 6.07) is 3.21. The summed E-state index contributed by atoms with van der Waals surface area (Å²) in [4.78, 5) is 40.0. The van der Waals surface area contributed by atoms with E-state index in [-0.39, 0.29) is 30.1 Å². The maximum absolute atomic E-state index is 13.3. The second-order valence-electron chi connectivity index (χ2n) is 7.39. The second-order valence-corrected chi connectivity index (χ2v) is 7.39. The number of carbonyl (C=O) groups excluding carboxylic acids is 3. The van der Waals surface area contributed by atoms with E-state index in [1.165, 1.54) is 18.3 Å². The number of hydrogen-bond acceptors (Lipinski definition) is 6. The lowest BCUT2D eigenvalue weighted by Gasteiger charge is -2.24. The van der Waals surface area contributed by atoms with Crippen LogP contribution in [0.2, 0.25) is 0 Å². The Morgan fingerprint density at radius 2 is 2.07 bits per heavy atom. The molecule has 1 fully saturated rings. The van der Waals surface area contributed by atoms with Crippen molar-refractivity contribution in [2.75, 3.05) is 26.8 Å². The average molecular weight is 416 g/mol. The quantitative estimate of drug-likeness (QED) is 0.485. The van der Waals surface area contributed by atoms with Crippen LogP contribution < -0.4 is 0 Å². The van der Waals surface area contributed by atoms with Gasteiger partial charge in [0.15, 0.2) is 11.5 Å². The molecule has 3 rings (SSSR count). The third-order valence-corrected chi connectivity index (χ3v) is 5.54. The zero-order valence-corrected chi connectivity index (χ0v) is 17.9. The Hall–Kier alpha value is -2.87. The fourth-order valence-corrected chi connectivity index (χ4v) is 4.12. The average Bonchev–Trinajstić information content (AvgIpc) is 3.47. The number of furan rings is 1. The fourth-order valence-electron chi connectivity index (χ4n) is 4.12. The van der Waals surface area contributed by atoms with Crippen LogP contribution in [0.15, 0.2) is 22.8 Å². The summed E-state index contributed by atoms with van der Waals surface area (Å²) in [5, 5.41) is 0. The van der Waals surface area contributed by atoms with Crippen LogP contribution in [0, 0.1) is 13.8 Å². The molecule has 30 heavy (non-hydrogen) atoms. The van der Waals surface area contributed by atoms with Crippen LogP contribution in [-0.4, -0.2) is 60.0 Å². The molecular formula is C22H28N2O6. The van der Waals surface area contributed by atoms with Crippen molar-refractivity contribution in [2.45, 2.75) is 46.3 Å². The van der Waals surface area contributed by atoms with Gasteiger partial charge < -0.3 is 23.4 Å². The normalized spacial score (nSPS) is 15.9. The van der Waals surface area contributed by atoms with E-state index in [1.54, 1.807) is 30.5 Å². The number of Topliss-reactive ketones (excluding diaryl/α,β-unsaturated/α-hetero) is 1. The van der Waals surface area contributed by atoms with Crippen LogP contribution in [-0.2, 0) is 16.0 Å². The van der Waals surface area contributed by atoms with Gasteiger partial charge in [0, 0.05) is 31.0 Å².